The highest BCUT2D eigenvalue weighted by molar-refractivity contribution is 7.18. The topological polar surface area (TPSA) is 88.1 Å². The average Bonchev–Trinajstić information content (AvgIpc) is 3.60. The quantitative estimate of drug-likeness (QED) is 0.411. The van der Waals surface area contributed by atoms with Gasteiger partial charge in [0.2, 0.25) is 0 Å². The minimum Gasteiger partial charge on any atom is -0.344 e. The number of benzene rings is 1. The maximum atomic E-state index is 6.11. The molecule has 33 heavy (non-hydrogen) atoms. The second-order valence-corrected chi connectivity index (χ2v) is 9.59. The highest BCUT2D eigenvalue weighted by Crippen LogP contribution is 2.40. The van der Waals surface area contributed by atoms with Crippen LogP contribution in [0.5, 0.6) is 0 Å². The number of aromatic nitrogens is 5. The van der Waals surface area contributed by atoms with Crippen molar-refractivity contribution in [3.63, 3.8) is 0 Å². The Morgan fingerprint density at radius 1 is 1.15 bits per heavy atom. The number of aryl methyl sites for hydroxylation is 1. The van der Waals surface area contributed by atoms with Crippen molar-refractivity contribution in [2.24, 2.45) is 5.73 Å². The lowest BCUT2D eigenvalue weighted by Gasteiger charge is -2.15. The van der Waals surface area contributed by atoms with E-state index in [1.54, 1.807) is 17.5 Å². The van der Waals surface area contributed by atoms with Crippen LogP contribution in [0.4, 0.5) is 0 Å². The van der Waals surface area contributed by atoms with Crippen molar-refractivity contribution in [1.29, 1.82) is 0 Å². The van der Waals surface area contributed by atoms with Crippen molar-refractivity contribution in [2.75, 3.05) is 13.1 Å². The summed E-state index contributed by atoms with van der Waals surface area (Å²) in [5.41, 5.74) is 12.3. The SMILES string of the molecule is Cc1nc2ccc(CN3CC[C@H](N)C3)cn2c1-c1nc(-c2ccccc2)c(-c2ncc[nH]2)s1. The number of likely N-dealkylation sites (tertiary alicyclic amines) is 1. The van der Waals surface area contributed by atoms with Gasteiger partial charge in [-0.1, -0.05) is 36.4 Å². The first-order chi connectivity index (χ1) is 16.2. The average molecular weight is 456 g/mol. The van der Waals surface area contributed by atoms with E-state index >= 15 is 0 Å². The third-order valence-corrected chi connectivity index (χ3v) is 7.23. The molecule has 0 saturated carbocycles. The van der Waals surface area contributed by atoms with Crippen LogP contribution < -0.4 is 5.73 Å². The van der Waals surface area contributed by atoms with Crippen molar-refractivity contribution in [1.82, 2.24) is 29.2 Å². The van der Waals surface area contributed by atoms with Gasteiger partial charge in [-0.05, 0) is 25.0 Å². The molecule has 1 aromatic carbocycles. The molecular formula is C25H25N7S. The lowest BCUT2D eigenvalue weighted by atomic mass is 10.1. The van der Waals surface area contributed by atoms with E-state index in [2.05, 4.69) is 56.7 Å². The number of aromatic amines is 1. The molecule has 3 N–H and O–H groups in total. The number of rotatable bonds is 5. The van der Waals surface area contributed by atoms with Crippen molar-refractivity contribution in [3.8, 4) is 32.7 Å². The third kappa shape index (κ3) is 3.76. The van der Waals surface area contributed by atoms with E-state index in [0.29, 0.717) is 0 Å². The molecule has 5 aromatic rings. The highest BCUT2D eigenvalue weighted by atomic mass is 32.1. The molecule has 1 aliphatic heterocycles. The van der Waals surface area contributed by atoms with Crippen molar-refractivity contribution < 1.29 is 0 Å². The van der Waals surface area contributed by atoms with E-state index in [4.69, 9.17) is 15.7 Å². The predicted molar refractivity (Wildman–Crippen MR) is 132 cm³/mol. The molecule has 1 aliphatic rings. The van der Waals surface area contributed by atoms with Gasteiger partial charge in [-0.15, -0.1) is 11.3 Å². The minimum absolute atomic E-state index is 0.284. The molecule has 166 valence electrons. The fourth-order valence-corrected chi connectivity index (χ4v) is 5.73. The smallest absolute Gasteiger partial charge is 0.149 e. The molecule has 7 nitrogen and oxygen atoms in total. The normalized spacial score (nSPS) is 16.7. The summed E-state index contributed by atoms with van der Waals surface area (Å²) in [6.07, 6.45) is 6.89. The zero-order valence-electron chi connectivity index (χ0n) is 18.4. The monoisotopic (exact) mass is 455 g/mol. The summed E-state index contributed by atoms with van der Waals surface area (Å²) in [7, 11) is 0. The summed E-state index contributed by atoms with van der Waals surface area (Å²) in [6, 6.07) is 14.8. The summed E-state index contributed by atoms with van der Waals surface area (Å²) in [4.78, 5) is 21.1. The molecule has 0 spiro atoms. The van der Waals surface area contributed by atoms with E-state index in [1.165, 1.54) is 5.56 Å². The van der Waals surface area contributed by atoms with Crippen LogP contribution >= 0.6 is 11.3 Å². The van der Waals surface area contributed by atoms with Crippen LogP contribution in [0.2, 0.25) is 0 Å². The van der Waals surface area contributed by atoms with Crippen LogP contribution in [0.3, 0.4) is 0 Å². The molecule has 0 bridgehead atoms. The largest absolute Gasteiger partial charge is 0.344 e. The van der Waals surface area contributed by atoms with Crippen LogP contribution in [-0.4, -0.2) is 48.4 Å². The molecular weight excluding hydrogens is 430 g/mol. The summed E-state index contributed by atoms with van der Waals surface area (Å²) >= 11 is 1.65. The number of nitrogens with zero attached hydrogens (tertiary/aromatic N) is 5. The Morgan fingerprint density at radius 3 is 2.79 bits per heavy atom. The zero-order chi connectivity index (χ0) is 22.4. The number of hydrogen-bond acceptors (Lipinski definition) is 6. The fourth-order valence-electron chi connectivity index (χ4n) is 4.58. The van der Waals surface area contributed by atoms with Crippen LogP contribution in [0.1, 0.15) is 17.7 Å². The number of H-pyrrole nitrogens is 1. The molecule has 1 atom stereocenters. The zero-order valence-corrected chi connectivity index (χ0v) is 19.2. The number of pyridine rings is 1. The van der Waals surface area contributed by atoms with Gasteiger partial charge in [0, 0.05) is 49.8 Å². The summed E-state index contributed by atoms with van der Waals surface area (Å²) < 4.78 is 2.18. The lowest BCUT2D eigenvalue weighted by Crippen LogP contribution is -2.26. The first kappa shape index (κ1) is 20.3. The predicted octanol–water partition coefficient (Wildman–Crippen LogP) is 4.36. The highest BCUT2D eigenvalue weighted by Gasteiger charge is 2.22. The molecule has 0 unspecified atom stereocenters. The number of hydrogen-bond donors (Lipinski definition) is 2. The van der Waals surface area contributed by atoms with Gasteiger partial charge >= 0.3 is 0 Å². The molecule has 1 fully saturated rings. The third-order valence-electron chi connectivity index (χ3n) is 6.16. The van der Waals surface area contributed by atoms with Crippen molar-refractivity contribution >= 4 is 17.0 Å². The molecule has 1 saturated heterocycles. The second kappa shape index (κ2) is 8.22. The number of thiazole rings is 1. The molecule has 0 radical (unpaired) electrons. The molecule has 4 aromatic heterocycles. The first-order valence-corrected chi connectivity index (χ1v) is 12.0. The molecule has 0 amide bonds. The first-order valence-electron chi connectivity index (χ1n) is 11.2. The maximum Gasteiger partial charge on any atom is 0.149 e. The fraction of sp³-hybridized carbons (Fsp3) is 0.240. The Balaban J connectivity index is 1.46. The van der Waals surface area contributed by atoms with Gasteiger partial charge < -0.3 is 10.7 Å². The summed E-state index contributed by atoms with van der Waals surface area (Å²) in [5, 5.41) is 0.936. The minimum atomic E-state index is 0.284. The van der Waals surface area contributed by atoms with E-state index in [-0.39, 0.29) is 6.04 Å². The molecule has 0 aliphatic carbocycles. The molecule has 5 heterocycles. The molecule has 6 rings (SSSR count). The second-order valence-electron chi connectivity index (χ2n) is 8.60. The Bertz CT molecular complexity index is 1400. The van der Waals surface area contributed by atoms with E-state index < -0.39 is 0 Å². The Morgan fingerprint density at radius 2 is 2.03 bits per heavy atom. The van der Waals surface area contributed by atoms with Crippen LogP contribution in [0.25, 0.3) is 38.3 Å². The van der Waals surface area contributed by atoms with Gasteiger partial charge in [-0.25, -0.2) is 15.0 Å². The van der Waals surface area contributed by atoms with E-state index in [9.17, 15) is 0 Å². The Kier molecular flexibility index (Phi) is 5.05. The number of nitrogens with one attached hydrogen (secondary N) is 1. The maximum absolute atomic E-state index is 6.11. The lowest BCUT2D eigenvalue weighted by molar-refractivity contribution is 0.326. The number of nitrogens with two attached hydrogens (primary N) is 1. The Labute approximate surface area is 196 Å². The summed E-state index contributed by atoms with van der Waals surface area (Å²) in [5.74, 6) is 0.829. The Hall–Kier alpha value is -3.33. The van der Waals surface area contributed by atoms with Crippen LogP contribution in [-0.2, 0) is 6.54 Å². The summed E-state index contributed by atoms with van der Waals surface area (Å²) in [6.45, 7) is 4.95. The standard InChI is InChI=1S/C25H25N7S/c1-16-22(32-14-17(7-8-20(32)29-16)13-31-12-9-19(26)15-31)25-30-21(18-5-3-2-4-6-18)23(33-25)24-27-10-11-28-24/h2-8,10-11,14,19H,9,12-13,15,26H2,1H3,(H,27,28)/t19-/m0/s1. The van der Waals surface area contributed by atoms with Crippen molar-refractivity contribution in [2.45, 2.75) is 25.9 Å². The van der Waals surface area contributed by atoms with E-state index in [0.717, 1.165) is 70.1 Å². The van der Waals surface area contributed by atoms with Crippen molar-refractivity contribution in [3.05, 3.63) is 72.3 Å². The van der Waals surface area contributed by atoms with Gasteiger partial charge in [0.15, 0.2) is 0 Å². The molecule has 8 heteroatoms. The number of imidazole rings is 2. The van der Waals surface area contributed by atoms with Crippen LogP contribution in [0, 0.1) is 6.92 Å². The van der Waals surface area contributed by atoms with E-state index in [1.807, 2.05) is 24.4 Å². The number of fused-ring (bicyclic) bond motifs is 1. The van der Waals surface area contributed by atoms with Gasteiger partial charge in [-0.2, -0.15) is 0 Å². The van der Waals surface area contributed by atoms with Crippen LogP contribution in [0.15, 0.2) is 61.1 Å². The van der Waals surface area contributed by atoms with Gasteiger partial charge in [-0.3, -0.25) is 9.30 Å². The van der Waals surface area contributed by atoms with Gasteiger partial charge in [0.25, 0.3) is 0 Å². The van der Waals surface area contributed by atoms with Gasteiger partial charge in [0.05, 0.1) is 16.3 Å². The van der Waals surface area contributed by atoms with Gasteiger partial charge in [0.1, 0.15) is 22.2 Å².